The van der Waals surface area contributed by atoms with Gasteiger partial charge in [-0.1, -0.05) is 18.2 Å². The van der Waals surface area contributed by atoms with Crippen LogP contribution in [0.4, 0.5) is 0 Å². The van der Waals surface area contributed by atoms with Crippen LogP contribution in [-0.2, 0) is 4.79 Å². The lowest BCUT2D eigenvalue weighted by Crippen LogP contribution is -2.26. The fourth-order valence-electron chi connectivity index (χ4n) is 1.30. The van der Waals surface area contributed by atoms with Crippen molar-refractivity contribution in [3.05, 3.63) is 30.3 Å². The molecule has 0 aromatic heterocycles. The van der Waals surface area contributed by atoms with E-state index in [1.165, 1.54) is 0 Å². The summed E-state index contributed by atoms with van der Waals surface area (Å²) in [6, 6.07) is 9.92. The average molecular weight is 247 g/mol. The highest BCUT2D eigenvalue weighted by Crippen LogP contribution is 2.16. The Morgan fingerprint density at radius 3 is 2.76 bits per heavy atom. The van der Waals surface area contributed by atoms with Crippen molar-refractivity contribution in [2.24, 2.45) is 0 Å². The molecule has 0 unspecified atom stereocenters. The minimum atomic E-state index is 0.0829. The minimum Gasteiger partial charge on any atom is -0.355 e. The topological polar surface area (TPSA) is 29.1 Å². The lowest BCUT2D eigenvalue weighted by Gasteiger charge is -2.04. The number of unbranched alkanes of at least 4 members (excludes halogenated alkanes) is 2. The van der Waals surface area contributed by atoms with E-state index in [9.17, 15) is 4.79 Å². The maximum Gasteiger partial charge on any atom is 0.230 e. The van der Waals surface area contributed by atoms with Crippen molar-refractivity contribution in [2.75, 3.05) is 12.3 Å². The number of amides is 1. The third-order valence-corrected chi connectivity index (χ3v) is 3.20. The summed E-state index contributed by atoms with van der Waals surface area (Å²) in [6.07, 6.45) is 7.85. The Kier molecular flexibility index (Phi) is 7.01. The fraction of sp³-hybridized carbons (Fsp3) is 0.357. The Morgan fingerprint density at radius 1 is 1.29 bits per heavy atom. The van der Waals surface area contributed by atoms with E-state index < -0.39 is 0 Å². The van der Waals surface area contributed by atoms with Crippen molar-refractivity contribution in [1.82, 2.24) is 5.32 Å². The second-order valence-corrected chi connectivity index (χ2v) is 4.66. The largest absolute Gasteiger partial charge is 0.355 e. The third kappa shape index (κ3) is 6.70. The molecule has 17 heavy (non-hydrogen) atoms. The molecule has 0 spiro atoms. The molecule has 0 radical (unpaired) electrons. The number of carbonyl (C=O) groups excluding carboxylic acids is 1. The molecule has 2 nitrogen and oxygen atoms in total. The van der Waals surface area contributed by atoms with Gasteiger partial charge in [-0.05, 0) is 25.0 Å². The van der Waals surface area contributed by atoms with Crippen molar-refractivity contribution >= 4 is 17.7 Å². The molecule has 3 heteroatoms. The standard InChI is InChI=1S/C14H17NOS/c1-2-3-4-8-11-15-14(16)12-17-13-9-6-5-7-10-13/h1,5-7,9-10H,3-4,8,11-12H2,(H,15,16). The van der Waals surface area contributed by atoms with Gasteiger partial charge in [-0.2, -0.15) is 0 Å². The fourth-order valence-corrected chi connectivity index (χ4v) is 2.05. The highest BCUT2D eigenvalue weighted by Gasteiger charge is 2.01. The van der Waals surface area contributed by atoms with Crippen molar-refractivity contribution in [3.63, 3.8) is 0 Å². The van der Waals surface area contributed by atoms with E-state index in [-0.39, 0.29) is 5.91 Å². The van der Waals surface area contributed by atoms with Gasteiger partial charge in [0.1, 0.15) is 0 Å². The summed E-state index contributed by atoms with van der Waals surface area (Å²) in [5.41, 5.74) is 0. The van der Waals surface area contributed by atoms with Gasteiger partial charge in [0.05, 0.1) is 5.75 Å². The Balaban J connectivity index is 2.08. The van der Waals surface area contributed by atoms with Crippen molar-refractivity contribution in [2.45, 2.75) is 24.2 Å². The quantitative estimate of drug-likeness (QED) is 0.456. The smallest absolute Gasteiger partial charge is 0.230 e. The van der Waals surface area contributed by atoms with Crippen LogP contribution >= 0.6 is 11.8 Å². The number of benzene rings is 1. The van der Waals surface area contributed by atoms with Gasteiger partial charge in [-0.15, -0.1) is 24.1 Å². The molecular formula is C14H17NOS. The third-order valence-electron chi connectivity index (χ3n) is 2.18. The molecule has 0 aliphatic heterocycles. The van der Waals surface area contributed by atoms with Gasteiger partial charge >= 0.3 is 0 Å². The van der Waals surface area contributed by atoms with Gasteiger partial charge in [-0.3, -0.25) is 4.79 Å². The SMILES string of the molecule is C#CCCCCNC(=O)CSc1ccccc1. The summed E-state index contributed by atoms with van der Waals surface area (Å²) in [7, 11) is 0. The van der Waals surface area contributed by atoms with Gasteiger partial charge in [-0.25, -0.2) is 0 Å². The summed E-state index contributed by atoms with van der Waals surface area (Å²) in [5.74, 6) is 3.14. The molecule has 1 aromatic rings. The van der Waals surface area contributed by atoms with Crippen LogP contribution in [0.2, 0.25) is 0 Å². The molecule has 1 N–H and O–H groups in total. The second kappa shape index (κ2) is 8.72. The van der Waals surface area contributed by atoms with Gasteiger partial charge in [0.25, 0.3) is 0 Å². The normalized spacial score (nSPS) is 9.59. The van der Waals surface area contributed by atoms with E-state index in [2.05, 4.69) is 11.2 Å². The Morgan fingerprint density at radius 2 is 2.06 bits per heavy atom. The molecule has 0 heterocycles. The highest BCUT2D eigenvalue weighted by atomic mass is 32.2. The Bertz CT molecular complexity index is 370. The zero-order valence-corrected chi connectivity index (χ0v) is 10.6. The number of carbonyl (C=O) groups is 1. The van der Waals surface area contributed by atoms with Crippen LogP contribution < -0.4 is 5.32 Å². The molecule has 0 saturated carbocycles. The Labute approximate surface area is 107 Å². The van der Waals surface area contributed by atoms with E-state index in [1.54, 1.807) is 11.8 Å². The highest BCUT2D eigenvalue weighted by molar-refractivity contribution is 8.00. The first-order valence-corrected chi connectivity index (χ1v) is 6.69. The first kappa shape index (κ1) is 13.7. The molecule has 0 saturated heterocycles. The Hall–Kier alpha value is -1.40. The first-order chi connectivity index (χ1) is 8.33. The molecule has 90 valence electrons. The van der Waals surface area contributed by atoms with E-state index in [1.807, 2.05) is 30.3 Å². The molecule has 0 atom stereocenters. The summed E-state index contributed by atoms with van der Waals surface area (Å²) in [6.45, 7) is 0.718. The number of nitrogens with one attached hydrogen (secondary N) is 1. The average Bonchev–Trinajstić information content (AvgIpc) is 2.37. The summed E-state index contributed by atoms with van der Waals surface area (Å²) >= 11 is 1.55. The van der Waals surface area contributed by atoms with Crippen LogP contribution in [0.15, 0.2) is 35.2 Å². The van der Waals surface area contributed by atoms with Crippen molar-refractivity contribution < 1.29 is 4.79 Å². The number of terminal acetylenes is 1. The second-order valence-electron chi connectivity index (χ2n) is 3.61. The number of hydrogen-bond donors (Lipinski definition) is 1. The maximum atomic E-state index is 11.5. The maximum absolute atomic E-state index is 11.5. The monoisotopic (exact) mass is 247 g/mol. The molecule has 1 aromatic carbocycles. The van der Waals surface area contributed by atoms with Crippen LogP contribution in [0.1, 0.15) is 19.3 Å². The van der Waals surface area contributed by atoms with Crippen molar-refractivity contribution in [3.8, 4) is 12.3 Å². The molecule has 0 aliphatic rings. The van der Waals surface area contributed by atoms with E-state index in [0.29, 0.717) is 5.75 Å². The van der Waals surface area contributed by atoms with Gasteiger partial charge in [0.15, 0.2) is 0 Å². The van der Waals surface area contributed by atoms with E-state index >= 15 is 0 Å². The number of thioether (sulfide) groups is 1. The van der Waals surface area contributed by atoms with Crippen LogP contribution in [-0.4, -0.2) is 18.2 Å². The van der Waals surface area contributed by atoms with Crippen LogP contribution in [0.25, 0.3) is 0 Å². The van der Waals surface area contributed by atoms with E-state index in [0.717, 1.165) is 30.7 Å². The van der Waals surface area contributed by atoms with Crippen molar-refractivity contribution in [1.29, 1.82) is 0 Å². The van der Waals surface area contributed by atoms with Gasteiger partial charge < -0.3 is 5.32 Å². The molecule has 1 amide bonds. The van der Waals surface area contributed by atoms with Crippen LogP contribution in [0.5, 0.6) is 0 Å². The zero-order valence-electron chi connectivity index (χ0n) is 9.82. The number of rotatable bonds is 7. The summed E-state index contributed by atoms with van der Waals surface area (Å²) < 4.78 is 0. The molecule has 1 rings (SSSR count). The summed E-state index contributed by atoms with van der Waals surface area (Å²) in [5, 5.41) is 2.88. The van der Waals surface area contributed by atoms with Gasteiger partial charge in [0, 0.05) is 17.9 Å². The molecule has 0 aliphatic carbocycles. The summed E-state index contributed by atoms with van der Waals surface area (Å²) in [4.78, 5) is 12.6. The van der Waals surface area contributed by atoms with Crippen LogP contribution in [0.3, 0.4) is 0 Å². The van der Waals surface area contributed by atoms with Crippen LogP contribution in [0, 0.1) is 12.3 Å². The lowest BCUT2D eigenvalue weighted by atomic mass is 10.2. The zero-order chi connectivity index (χ0) is 12.3. The van der Waals surface area contributed by atoms with E-state index in [4.69, 9.17) is 6.42 Å². The molecular weight excluding hydrogens is 230 g/mol. The predicted molar refractivity (Wildman–Crippen MR) is 72.9 cm³/mol. The van der Waals surface area contributed by atoms with Gasteiger partial charge in [0.2, 0.25) is 5.91 Å². The first-order valence-electron chi connectivity index (χ1n) is 5.71. The lowest BCUT2D eigenvalue weighted by molar-refractivity contribution is -0.118. The number of hydrogen-bond acceptors (Lipinski definition) is 2. The minimum absolute atomic E-state index is 0.0829. The molecule has 0 fully saturated rings. The predicted octanol–water partition coefficient (Wildman–Crippen LogP) is 2.70. The molecule has 0 bridgehead atoms.